The zero-order valence-electron chi connectivity index (χ0n) is 13.7. The molecule has 0 aliphatic carbocycles. The van der Waals surface area contributed by atoms with Gasteiger partial charge in [0.15, 0.2) is 0 Å². The summed E-state index contributed by atoms with van der Waals surface area (Å²) in [5.41, 5.74) is 2.56. The molecule has 0 saturated carbocycles. The molecule has 0 unspecified atom stereocenters. The molecule has 1 atom stereocenters. The Hall–Kier alpha value is -2.95. The van der Waals surface area contributed by atoms with Crippen molar-refractivity contribution >= 4 is 23.4 Å². The standard InChI is InChI=1S/C19H20N2O3/c1-3-14(2)16-8-10-17(11-9-16)20-19(22)12-7-15-5-4-6-18(13-15)21(23)24/h4-14H,3H2,1-2H3,(H,20,22)/b12-7+/t14-/m1/s1. The first-order valence-corrected chi connectivity index (χ1v) is 7.83. The average molecular weight is 324 g/mol. The van der Waals surface area contributed by atoms with Crippen molar-refractivity contribution in [2.24, 2.45) is 0 Å². The number of hydrogen-bond donors (Lipinski definition) is 1. The number of non-ortho nitro benzene ring substituents is 1. The van der Waals surface area contributed by atoms with E-state index in [2.05, 4.69) is 19.2 Å². The highest BCUT2D eigenvalue weighted by molar-refractivity contribution is 6.01. The Morgan fingerprint density at radius 3 is 2.58 bits per heavy atom. The molecule has 0 bridgehead atoms. The molecule has 2 aromatic carbocycles. The van der Waals surface area contributed by atoms with Gasteiger partial charge in [0.1, 0.15) is 0 Å². The average Bonchev–Trinajstić information content (AvgIpc) is 2.60. The van der Waals surface area contributed by atoms with Gasteiger partial charge in [0.2, 0.25) is 5.91 Å². The lowest BCUT2D eigenvalue weighted by Gasteiger charge is -2.09. The highest BCUT2D eigenvalue weighted by Gasteiger charge is 2.05. The molecule has 24 heavy (non-hydrogen) atoms. The molecule has 5 heteroatoms. The lowest BCUT2D eigenvalue weighted by molar-refractivity contribution is -0.384. The fourth-order valence-corrected chi connectivity index (χ4v) is 2.23. The Kier molecular flexibility index (Phi) is 5.84. The van der Waals surface area contributed by atoms with E-state index in [9.17, 15) is 14.9 Å². The van der Waals surface area contributed by atoms with Crippen LogP contribution in [0.4, 0.5) is 11.4 Å². The molecule has 1 N–H and O–H groups in total. The van der Waals surface area contributed by atoms with Crippen LogP contribution in [0.1, 0.15) is 37.3 Å². The van der Waals surface area contributed by atoms with E-state index >= 15 is 0 Å². The number of nitrogens with zero attached hydrogens (tertiary/aromatic N) is 1. The number of nitrogens with one attached hydrogen (secondary N) is 1. The molecular formula is C19H20N2O3. The van der Waals surface area contributed by atoms with Crippen LogP contribution in [0.3, 0.4) is 0 Å². The number of nitro benzene ring substituents is 1. The quantitative estimate of drug-likeness (QED) is 0.473. The van der Waals surface area contributed by atoms with Gasteiger partial charge in [-0.2, -0.15) is 0 Å². The number of hydrogen-bond acceptors (Lipinski definition) is 3. The van der Waals surface area contributed by atoms with Gasteiger partial charge >= 0.3 is 0 Å². The minimum absolute atomic E-state index is 0.00168. The summed E-state index contributed by atoms with van der Waals surface area (Å²) in [5.74, 6) is 0.210. The van der Waals surface area contributed by atoms with Crippen LogP contribution in [0.2, 0.25) is 0 Å². The molecule has 2 aromatic rings. The van der Waals surface area contributed by atoms with Crippen LogP contribution < -0.4 is 5.32 Å². The second-order valence-electron chi connectivity index (χ2n) is 5.61. The summed E-state index contributed by atoms with van der Waals surface area (Å²) in [6.07, 6.45) is 3.98. The van der Waals surface area contributed by atoms with Crippen molar-refractivity contribution in [1.29, 1.82) is 0 Å². The Bertz CT molecular complexity index is 751. The van der Waals surface area contributed by atoms with Crippen molar-refractivity contribution in [1.82, 2.24) is 0 Å². The van der Waals surface area contributed by atoms with E-state index in [-0.39, 0.29) is 11.6 Å². The SMILES string of the molecule is CC[C@@H](C)c1ccc(NC(=O)/C=C/c2cccc([N+](=O)[O-])c2)cc1. The molecule has 0 aliphatic rings. The third kappa shape index (κ3) is 4.78. The van der Waals surface area contributed by atoms with Gasteiger partial charge in [0.05, 0.1) is 4.92 Å². The van der Waals surface area contributed by atoms with E-state index in [0.29, 0.717) is 11.5 Å². The first-order valence-electron chi connectivity index (χ1n) is 7.83. The fraction of sp³-hybridized carbons (Fsp3) is 0.211. The summed E-state index contributed by atoms with van der Waals surface area (Å²) in [6, 6.07) is 13.9. The largest absolute Gasteiger partial charge is 0.323 e. The van der Waals surface area contributed by atoms with Crippen molar-refractivity contribution in [3.63, 3.8) is 0 Å². The van der Waals surface area contributed by atoms with Gasteiger partial charge in [-0.3, -0.25) is 14.9 Å². The maximum atomic E-state index is 11.9. The molecular weight excluding hydrogens is 304 g/mol. The Morgan fingerprint density at radius 1 is 1.25 bits per heavy atom. The fourth-order valence-electron chi connectivity index (χ4n) is 2.23. The van der Waals surface area contributed by atoms with E-state index in [4.69, 9.17) is 0 Å². The third-order valence-corrected chi connectivity index (χ3v) is 3.87. The van der Waals surface area contributed by atoms with E-state index in [1.54, 1.807) is 18.2 Å². The van der Waals surface area contributed by atoms with Gasteiger partial charge in [-0.05, 0) is 41.7 Å². The summed E-state index contributed by atoms with van der Waals surface area (Å²) < 4.78 is 0. The van der Waals surface area contributed by atoms with Crippen molar-refractivity contribution in [3.8, 4) is 0 Å². The maximum Gasteiger partial charge on any atom is 0.270 e. The lowest BCUT2D eigenvalue weighted by Crippen LogP contribution is -2.07. The number of benzene rings is 2. The lowest BCUT2D eigenvalue weighted by atomic mass is 9.99. The molecule has 0 spiro atoms. The summed E-state index contributed by atoms with van der Waals surface area (Å²) in [5, 5.41) is 13.5. The van der Waals surface area contributed by atoms with Gasteiger partial charge in [0, 0.05) is 23.9 Å². The Labute approximate surface area is 141 Å². The number of anilines is 1. The van der Waals surface area contributed by atoms with Gasteiger partial charge < -0.3 is 5.32 Å². The van der Waals surface area contributed by atoms with Crippen molar-refractivity contribution in [2.75, 3.05) is 5.32 Å². The van der Waals surface area contributed by atoms with Crippen LogP contribution in [0.25, 0.3) is 6.08 Å². The van der Waals surface area contributed by atoms with Crippen LogP contribution in [0.5, 0.6) is 0 Å². The second kappa shape index (κ2) is 8.06. The molecule has 124 valence electrons. The van der Waals surface area contributed by atoms with Gasteiger partial charge in [-0.1, -0.05) is 38.1 Å². The Morgan fingerprint density at radius 2 is 1.96 bits per heavy atom. The van der Waals surface area contributed by atoms with E-state index < -0.39 is 4.92 Å². The number of carbonyl (C=O) groups is 1. The number of nitro groups is 1. The third-order valence-electron chi connectivity index (χ3n) is 3.87. The van der Waals surface area contributed by atoms with Crippen molar-refractivity contribution in [3.05, 3.63) is 75.8 Å². The number of carbonyl (C=O) groups excluding carboxylic acids is 1. The van der Waals surface area contributed by atoms with Gasteiger partial charge in [-0.25, -0.2) is 0 Å². The summed E-state index contributed by atoms with van der Waals surface area (Å²) in [6.45, 7) is 4.30. The zero-order chi connectivity index (χ0) is 17.5. The van der Waals surface area contributed by atoms with Gasteiger partial charge in [-0.15, -0.1) is 0 Å². The number of amides is 1. The van der Waals surface area contributed by atoms with Crippen LogP contribution in [-0.4, -0.2) is 10.8 Å². The summed E-state index contributed by atoms with van der Waals surface area (Å²) >= 11 is 0. The first kappa shape index (κ1) is 17.4. The first-order chi connectivity index (χ1) is 11.5. The minimum atomic E-state index is -0.462. The summed E-state index contributed by atoms with van der Waals surface area (Å²) in [4.78, 5) is 22.2. The predicted molar refractivity (Wildman–Crippen MR) is 95.9 cm³/mol. The molecule has 0 fully saturated rings. The second-order valence-corrected chi connectivity index (χ2v) is 5.61. The van der Waals surface area contributed by atoms with Crippen LogP contribution >= 0.6 is 0 Å². The zero-order valence-corrected chi connectivity index (χ0v) is 13.7. The van der Waals surface area contributed by atoms with Crippen LogP contribution in [-0.2, 0) is 4.79 Å². The molecule has 0 aliphatic heterocycles. The van der Waals surface area contributed by atoms with Crippen molar-refractivity contribution in [2.45, 2.75) is 26.2 Å². The molecule has 0 aromatic heterocycles. The highest BCUT2D eigenvalue weighted by Crippen LogP contribution is 2.20. The van der Waals surface area contributed by atoms with Crippen molar-refractivity contribution < 1.29 is 9.72 Å². The molecule has 1 amide bonds. The number of rotatable bonds is 6. The van der Waals surface area contributed by atoms with E-state index in [1.165, 1.54) is 23.8 Å². The Balaban J connectivity index is 2.00. The summed E-state index contributed by atoms with van der Waals surface area (Å²) in [7, 11) is 0. The smallest absolute Gasteiger partial charge is 0.270 e. The molecule has 0 saturated heterocycles. The molecule has 5 nitrogen and oxygen atoms in total. The van der Waals surface area contributed by atoms with E-state index in [1.807, 2.05) is 24.3 Å². The molecule has 2 rings (SSSR count). The monoisotopic (exact) mass is 324 g/mol. The molecule has 0 heterocycles. The highest BCUT2D eigenvalue weighted by atomic mass is 16.6. The predicted octanol–water partition coefficient (Wildman–Crippen LogP) is 4.76. The maximum absolute atomic E-state index is 11.9. The topological polar surface area (TPSA) is 72.2 Å². The van der Waals surface area contributed by atoms with Crippen LogP contribution in [0, 0.1) is 10.1 Å². The van der Waals surface area contributed by atoms with Gasteiger partial charge in [0.25, 0.3) is 5.69 Å². The normalized spacial score (nSPS) is 12.1. The molecule has 0 radical (unpaired) electrons. The van der Waals surface area contributed by atoms with E-state index in [0.717, 1.165) is 12.1 Å². The van der Waals surface area contributed by atoms with Crippen LogP contribution in [0.15, 0.2) is 54.6 Å². The minimum Gasteiger partial charge on any atom is -0.323 e.